The minimum Gasteiger partial charge on any atom is -0.462 e. The summed E-state index contributed by atoms with van der Waals surface area (Å²) in [7, 11) is 0. The summed E-state index contributed by atoms with van der Waals surface area (Å²) >= 11 is 7.20. The fraction of sp³-hybridized carbons (Fsp3) is 0.529. The van der Waals surface area contributed by atoms with E-state index in [1.54, 1.807) is 13.0 Å². The summed E-state index contributed by atoms with van der Waals surface area (Å²) in [6, 6.07) is 5.48. The average Bonchev–Trinajstić information content (AvgIpc) is 2.45. The van der Waals surface area contributed by atoms with Crippen molar-refractivity contribution in [1.82, 2.24) is 5.32 Å². The summed E-state index contributed by atoms with van der Waals surface area (Å²) in [5, 5.41) is 6.90. The predicted molar refractivity (Wildman–Crippen MR) is 104 cm³/mol. The van der Waals surface area contributed by atoms with Crippen LogP contribution in [-0.2, 0) is 4.74 Å². The Hall–Kier alpha value is -1.27. The maximum absolute atomic E-state index is 11.9. The highest BCUT2D eigenvalue weighted by Crippen LogP contribution is 2.22. The molecule has 0 atom stereocenters. The molecule has 1 rings (SSSR count). The van der Waals surface area contributed by atoms with Crippen molar-refractivity contribution in [3.05, 3.63) is 29.3 Å². The van der Waals surface area contributed by atoms with Gasteiger partial charge in [0.25, 0.3) is 0 Å². The number of carbonyl (C=O) groups is 1. The number of ether oxygens (including phenoxy) is 1. The van der Waals surface area contributed by atoms with E-state index in [2.05, 4.69) is 31.4 Å². The van der Waals surface area contributed by atoms with Crippen molar-refractivity contribution in [2.75, 3.05) is 24.2 Å². The minimum atomic E-state index is -0.311. The van der Waals surface area contributed by atoms with Gasteiger partial charge in [0.2, 0.25) is 0 Å². The van der Waals surface area contributed by atoms with Crippen LogP contribution >= 0.6 is 24.0 Å². The number of carbonyl (C=O) groups excluding carboxylic acids is 1. The normalized spacial score (nSPS) is 11.0. The number of hydrogen-bond donors (Lipinski definition) is 2. The van der Waals surface area contributed by atoms with Gasteiger partial charge in [-0.3, -0.25) is 0 Å². The molecule has 0 amide bonds. The van der Waals surface area contributed by atoms with Crippen LogP contribution in [0.5, 0.6) is 0 Å². The Balaban J connectivity index is 2.58. The van der Waals surface area contributed by atoms with E-state index < -0.39 is 0 Å². The highest BCUT2D eigenvalue weighted by Gasteiger charge is 2.13. The van der Waals surface area contributed by atoms with Gasteiger partial charge in [-0.1, -0.05) is 26.8 Å². The van der Waals surface area contributed by atoms with Crippen molar-refractivity contribution in [2.24, 2.45) is 0 Å². The Labute approximate surface area is 148 Å². The first kappa shape index (κ1) is 19.8. The van der Waals surface area contributed by atoms with Gasteiger partial charge >= 0.3 is 5.97 Å². The van der Waals surface area contributed by atoms with Crippen LogP contribution in [0.25, 0.3) is 0 Å². The molecule has 0 unspecified atom stereocenters. The van der Waals surface area contributed by atoms with Crippen LogP contribution in [0, 0.1) is 6.92 Å². The molecule has 0 spiro atoms. The summed E-state index contributed by atoms with van der Waals surface area (Å²) < 4.78 is 5.31. The largest absolute Gasteiger partial charge is 0.462 e. The second-order valence-electron chi connectivity index (χ2n) is 6.04. The molecule has 2 N–H and O–H groups in total. The smallest absolute Gasteiger partial charge is 0.338 e. The van der Waals surface area contributed by atoms with Crippen molar-refractivity contribution < 1.29 is 9.53 Å². The third kappa shape index (κ3) is 7.22. The third-order valence-corrected chi connectivity index (χ3v) is 4.52. The lowest BCUT2D eigenvalue weighted by Crippen LogP contribution is -2.31. The standard InChI is InChI=1S/C17H26N2O2S2/c1-6-21-15(20)13-8-7-9-14(12(13)2)19-16(22)18-10-11-23-17(3,4)5/h7-9H,6,10-11H2,1-5H3,(H2,18,19,22). The van der Waals surface area contributed by atoms with Crippen molar-refractivity contribution in [3.8, 4) is 0 Å². The van der Waals surface area contributed by atoms with Crippen molar-refractivity contribution in [3.63, 3.8) is 0 Å². The highest BCUT2D eigenvalue weighted by molar-refractivity contribution is 8.00. The molecule has 0 saturated carbocycles. The zero-order valence-corrected chi connectivity index (χ0v) is 16.1. The summed E-state index contributed by atoms with van der Waals surface area (Å²) in [4.78, 5) is 11.9. The maximum atomic E-state index is 11.9. The van der Waals surface area contributed by atoms with E-state index in [0.717, 1.165) is 23.5 Å². The fourth-order valence-corrected chi connectivity index (χ4v) is 2.92. The maximum Gasteiger partial charge on any atom is 0.338 e. The Kier molecular flexibility index (Phi) is 7.85. The Morgan fingerprint density at radius 3 is 2.65 bits per heavy atom. The number of benzene rings is 1. The number of esters is 1. The molecule has 0 bridgehead atoms. The number of hydrogen-bond acceptors (Lipinski definition) is 4. The van der Waals surface area contributed by atoms with Gasteiger partial charge in [0.05, 0.1) is 12.2 Å². The molecule has 0 heterocycles. The summed E-state index contributed by atoms with van der Waals surface area (Å²) in [6.07, 6.45) is 0. The molecule has 4 nitrogen and oxygen atoms in total. The quantitative estimate of drug-likeness (QED) is 0.458. The number of anilines is 1. The Morgan fingerprint density at radius 2 is 2.04 bits per heavy atom. The van der Waals surface area contributed by atoms with Gasteiger partial charge in [0.1, 0.15) is 0 Å². The molecule has 1 aromatic carbocycles. The van der Waals surface area contributed by atoms with Gasteiger partial charge in [0.15, 0.2) is 5.11 Å². The van der Waals surface area contributed by atoms with Crippen molar-refractivity contribution in [2.45, 2.75) is 39.4 Å². The molecule has 0 saturated heterocycles. The van der Waals surface area contributed by atoms with Gasteiger partial charge in [-0.05, 0) is 43.8 Å². The highest BCUT2D eigenvalue weighted by atomic mass is 32.2. The molecule has 0 aliphatic carbocycles. The lowest BCUT2D eigenvalue weighted by molar-refractivity contribution is 0.0525. The second-order valence-corrected chi connectivity index (χ2v) is 8.37. The van der Waals surface area contributed by atoms with Gasteiger partial charge in [0, 0.05) is 22.7 Å². The lowest BCUT2D eigenvalue weighted by Gasteiger charge is -2.18. The van der Waals surface area contributed by atoms with Crippen LogP contribution in [-0.4, -0.2) is 34.7 Å². The van der Waals surface area contributed by atoms with Crippen LogP contribution in [0.2, 0.25) is 0 Å². The monoisotopic (exact) mass is 354 g/mol. The topological polar surface area (TPSA) is 50.4 Å². The Morgan fingerprint density at radius 1 is 1.35 bits per heavy atom. The first-order chi connectivity index (χ1) is 10.7. The number of nitrogens with one attached hydrogen (secondary N) is 2. The molecule has 0 radical (unpaired) electrons. The van der Waals surface area contributed by atoms with Gasteiger partial charge in [-0.2, -0.15) is 11.8 Å². The second kappa shape index (κ2) is 9.13. The number of thiocarbonyl (C=S) groups is 1. The SMILES string of the molecule is CCOC(=O)c1cccc(NC(=S)NCCSC(C)(C)C)c1C. The molecule has 128 valence electrons. The summed E-state index contributed by atoms with van der Waals surface area (Å²) in [6.45, 7) is 11.4. The first-order valence-electron chi connectivity index (χ1n) is 7.70. The van der Waals surface area contributed by atoms with Crippen LogP contribution in [0.3, 0.4) is 0 Å². The average molecular weight is 355 g/mol. The zero-order valence-electron chi connectivity index (χ0n) is 14.5. The van der Waals surface area contributed by atoms with Crippen molar-refractivity contribution in [1.29, 1.82) is 0 Å². The molecule has 0 fully saturated rings. The van der Waals surface area contributed by atoms with E-state index >= 15 is 0 Å². The van der Waals surface area contributed by atoms with Gasteiger partial charge in [-0.25, -0.2) is 4.79 Å². The molecule has 23 heavy (non-hydrogen) atoms. The summed E-state index contributed by atoms with van der Waals surface area (Å²) in [5.41, 5.74) is 2.21. The van der Waals surface area contributed by atoms with Crippen LogP contribution in [0.15, 0.2) is 18.2 Å². The van der Waals surface area contributed by atoms with E-state index in [-0.39, 0.29) is 10.7 Å². The molecule has 0 aliphatic rings. The zero-order chi connectivity index (χ0) is 17.5. The van der Waals surface area contributed by atoms with Crippen LogP contribution < -0.4 is 10.6 Å². The van der Waals surface area contributed by atoms with Crippen LogP contribution in [0.4, 0.5) is 5.69 Å². The van der Waals surface area contributed by atoms with Gasteiger partial charge < -0.3 is 15.4 Å². The van der Waals surface area contributed by atoms with E-state index in [0.29, 0.717) is 17.3 Å². The lowest BCUT2D eigenvalue weighted by atomic mass is 10.1. The predicted octanol–water partition coefficient (Wildman–Crippen LogP) is 3.99. The molecular formula is C17H26N2O2S2. The third-order valence-electron chi connectivity index (χ3n) is 3.00. The fourth-order valence-electron chi connectivity index (χ4n) is 1.89. The van der Waals surface area contributed by atoms with E-state index in [4.69, 9.17) is 17.0 Å². The minimum absolute atomic E-state index is 0.251. The number of rotatable bonds is 6. The van der Waals surface area contributed by atoms with Crippen molar-refractivity contribution >= 4 is 40.7 Å². The molecule has 1 aromatic rings. The Bertz CT molecular complexity index is 554. The van der Waals surface area contributed by atoms with Gasteiger partial charge in [-0.15, -0.1) is 0 Å². The van der Waals surface area contributed by atoms with E-state index in [9.17, 15) is 4.79 Å². The van der Waals surface area contributed by atoms with Crippen LogP contribution in [0.1, 0.15) is 43.6 Å². The molecule has 0 aliphatic heterocycles. The summed E-state index contributed by atoms with van der Waals surface area (Å²) in [5.74, 6) is 0.668. The molecular weight excluding hydrogens is 328 g/mol. The molecule has 6 heteroatoms. The molecule has 0 aromatic heterocycles. The van der Waals surface area contributed by atoms with E-state index in [1.807, 2.05) is 30.8 Å². The number of thioether (sulfide) groups is 1. The first-order valence-corrected chi connectivity index (χ1v) is 9.09. The van der Waals surface area contributed by atoms with E-state index in [1.165, 1.54) is 0 Å².